The van der Waals surface area contributed by atoms with Gasteiger partial charge >= 0.3 is 0 Å². The molecule has 37 heavy (non-hydrogen) atoms. The highest BCUT2D eigenvalue weighted by atomic mass is 19.1. The van der Waals surface area contributed by atoms with Gasteiger partial charge in [0, 0.05) is 37.5 Å². The third-order valence-electron chi connectivity index (χ3n) is 6.78. The summed E-state index contributed by atoms with van der Waals surface area (Å²) in [5.74, 6) is -0.656. The molecular formula is C27H32FN3O6. The van der Waals surface area contributed by atoms with E-state index in [0.29, 0.717) is 29.9 Å². The minimum Gasteiger partial charge on any atom is -0.496 e. The molecule has 9 nitrogen and oxygen atoms in total. The molecule has 3 amide bonds. The van der Waals surface area contributed by atoms with Crippen LogP contribution in [0.4, 0.5) is 4.39 Å². The summed E-state index contributed by atoms with van der Waals surface area (Å²) in [5, 5.41) is 2.86. The quantitative estimate of drug-likeness (QED) is 0.638. The van der Waals surface area contributed by atoms with Gasteiger partial charge in [-0.25, -0.2) is 4.39 Å². The Hall–Kier alpha value is -3.66. The second kappa shape index (κ2) is 10.8. The van der Waals surface area contributed by atoms with E-state index in [1.165, 1.54) is 43.4 Å². The first-order valence-electron chi connectivity index (χ1n) is 12.2. The first-order chi connectivity index (χ1) is 17.7. The fourth-order valence-electron chi connectivity index (χ4n) is 4.96. The molecule has 0 saturated carbocycles. The monoisotopic (exact) mass is 513 g/mol. The van der Waals surface area contributed by atoms with Gasteiger partial charge < -0.3 is 24.4 Å². The first kappa shape index (κ1) is 26.4. The van der Waals surface area contributed by atoms with Crippen LogP contribution in [0.25, 0.3) is 0 Å². The van der Waals surface area contributed by atoms with Gasteiger partial charge in [0.1, 0.15) is 34.6 Å². The average molecular weight is 514 g/mol. The Balaban J connectivity index is 1.60. The number of hydrogen-bond acceptors (Lipinski definition) is 6. The highest BCUT2D eigenvalue weighted by molar-refractivity contribution is 6.00. The molecule has 1 unspecified atom stereocenters. The zero-order valence-electron chi connectivity index (χ0n) is 21.5. The van der Waals surface area contributed by atoms with Crippen LogP contribution in [-0.2, 0) is 9.53 Å². The molecule has 198 valence electrons. The molecule has 2 fully saturated rings. The second-order valence-electron chi connectivity index (χ2n) is 9.45. The van der Waals surface area contributed by atoms with E-state index in [2.05, 4.69) is 5.32 Å². The van der Waals surface area contributed by atoms with Crippen molar-refractivity contribution < 1.29 is 33.0 Å². The number of amides is 3. The molecule has 2 aliphatic rings. The van der Waals surface area contributed by atoms with Crippen LogP contribution >= 0.6 is 0 Å². The third-order valence-corrected chi connectivity index (χ3v) is 6.78. The van der Waals surface area contributed by atoms with Gasteiger partial charge in [-0.2, -0.15) is 0 Å². The number of benzene rings is 2. The van der Waals surface area contributed by atoms with Crippen molar-refractivity contribution in [2.75, 3.05) is 33.9 Å². The first-order valence-corrected chi connectivity index (χ1v) is 12.2. The summed E-state index contributed by atoms with van der Waals surface area (Å²) in [6, 6.07) is 9.38. The summed E-state index contributed by atoms with van der Waals surface area (Å²) in [4.78, 5) is 43.3. The number of nitrogens with one attached hydrogen (secondary N) is 1. The predicted octanol–water partition coefficient (Wildman–Crippen LogP) is 2.84. The van der Waals surface area contributed by atoms with Gasteiger partial charge in [-0.1, -0.05) is 6.07 Å². The molecule has 1 spiro atoms. The van der Waals surface area contributed by atoms with Gasteiger partial charge in [-0.15, -0.1) is 0 Å². The summed E-state index contributed by atoms with van der Waals surface area (Å²) in [6.07, 6.45) is 0.600. The highest BCUT2D eigenvalue weighted by Gasteiger charge is 2.54. The standard InChI is InChI=1S/C27H32FN3O6/c1-17(2)29-24(32)20-16-37-27(31(20)25(33)18-8-10-19(28)11-9-18)12-14-30(15-13-27)26(34)23-21(35-3)6-5-7-22(23)36-4/h5-11,17,20H,12-16H2,1-4H3,(H,29,32). The molecule has 0 bridgehead atoms. The highest BCUT2D eigenvalue weighted by Crippen LogP contribution is 2.40. The molecule has 1 N–H and O–H groups in total. The van der Waals surface area contributed by atoms with Crippen molar-refractivity contribution in [2.45, 2.75) is 44.5 Å². The van der Waals surface area contributed by atoms with Crippen molar-refractivity contribution in [3.05, 3.63) is 59.4 Å². The van der Waals surface area contributed by atoms with E-state index >= 15 is 0 Å². The molecule has 4 rings (SSSR count). The molecule has 2 heterocycles. The number of piperidine rings is 1. The lowest BCUT2D eigenvalue weighted by atomic mass is 9.95. The van der Waals surface area contributed by atoms with E-state index in [9.17, 15) is 18.8 Å². The van der Waals surface area contributed by atoms with Gasteiger partial charge in [-0.05, 0) is 50.2 Å². The van der Waals surface area contributed by atoms with Crippen LogP contribution in [-0.4, -0.2) is 79.2 Å². The van der Waals surface area contributed by atoms with Crippen molar-refractivity contribution in [2.24, 2.45) is 0 Å². The fraction of sp³-hybridized carbons (Fsp3) is 0.444. The van der Waals surface area contributed by atoms with E-state index in [1.54, 1.807) is 23.1 Å². The SMILES string of the molecule is COc1cccc(OC)c1C(=O)N1CCC2(CC1)OCC(C(=O)NC(C)C)N2C(=O)c1ccc(F)cc1. The number of halogens is 1. The number of carbonyl (C=O) groups excluding carboxylic acids is 3. The number of carbonyl (C=O) groups is 3. The summed E-state index contributed by atoms with van der Waals surface area (Å²) < 4.78 is 30.5. The molecule has 1 atom stereocenters. The Kier molecular flexibility index (Phi) is 7.68. The van der Waals surface area contributed by atoms with Gasteiger partial charge in [0.25, 0.3) is 11.8 Å². The van der Waals surface area contributed by atoms with Gasteiger partial charge in [0.15, 0.2) is 0 Å². The Morgan fingerprint density at radius 3 is 2.14 bits per heavy atom. The lowest BCUT2D eigenvalue weighted by molar-refractivity contribution is -0.128. The zero-order valence-corrected chi connectivity index (χ0v) is 21.5. The largest absolute Gasteiger partial charge is 0.496 e. The van der Waals surface area contributed by atoms with Crippen molar-refractivity contribution in [1.82, 2.24) is 15.1 Å². The van der Waals surface area contributed by atoms with E-state index in [0.717, 1.165) is 0 Å². The topological polar surface area (TPSA) is 97.4 Å². The van der Waals surface area contributed by atoms with Gasteiger partial charge in [0.2, 0.25) is 5.91 Å². The fourth-order valence-corrected chi connectivity index (χ4v) is 4.96. The predicted molar refractivity (Wildman–Crippen MR) is 133 cm³/mol. The van der Waals surface area contributed by atoms with Crippen LogP contribution in [0.2, 0.25) is 0 Å². The van der Waals surface area contributed by atoms with E-state index in [4.69, 9.17) is 14.2 Å². The lowest BCUT2D eigenvalue weighted by Gasteiger charge is -2.44. The smallest absolute Gasteiger partial charge is 0.261 e. The number of nitrogens with zero attached hydrogens (tertiary/aromatic N) is 2. The molecular weight excluding hydrogens is 481 g/mol. The Morgan fingerprint density at radius 2 is 1.59 bits per heavy atom. The van der Waals surface area contributed by atoms with E-state index in [1.807, 2.05) is 13.8 Å². The minimum atomic E-state index is -1.08. The van der Waals surface area contributed by atoms with Crippen LogP contribution in [0, 0.1) is 5.82 Å². The lowest BCUT2D eigenvalue weighted by Crippen LogP contribution is -2.60. The van der Waals surface area contributed by atoms with Crippen LogP contribution < -0.4 is 14.8 Å². The number of likely N-dealkylation sites (tertiary alicyclic amines) is 1. The summed E-state index contributed by atoms with van der Waals surface area (Å²) in [7, 11) is 2.98. The second-order valence-corrected chi connectivity index (χ2v) is 9.45. The Bertz CT molecular complexity index is 1140. The summed E-state index contributed by atoms with van der Waals surface area (Å²) in [6.45, 7) is 4.27. The number of hydrogen-bond donors (Lipinski definition) is 1. The zero-order chi connectivity index (χ0) is 26.7. The van der Waals surface area contributed by atoms with E-state index in [-0.39, 0.29) is 43.1 Å². The summed E-state index contributed by atoms with van der Waals surface area (Å²) >= 11 is 0. The molecule has 10 heteroatoms. The minimum absolute atomic E-state index is 0.0275. The van der Waals surface area contributed by atoms with Crippen molar-refractivity contribution in [3.63, 3.8) is 0 Å². The normalized spacial score (nSPS) is 18.7. The third kappa shape index (κ3) is 5.11. The molecule has 0 aromatic heterocycles. The van der Waals surface area contributed by atoms with Crippen LogP contribution in [0.15, 0.2) is 42.5 Å². The van der Waals surface area contributed by atoms with Crippen molar-refractivity contribution in [3.8, 4) is 11.5 Å². The molecule has 0 radical (unpaired) electrons. The number of rotatable bonds is 6. The number of ether oxygens (including phenoxy) is 3. The van der Waals surface area contributed by atoms with Gasteiger partial charge in [-0.3, -0.25) is 19.3 Å². The van der Waals surface area contributed by atoms with Crippen LogP contribution in [0.5, 0.6) is 11.5 Å². The molecule has 2 saturated heterocycles. The maximum absolute atomic E-state index is 13.7. The Morgan fingerprint density at radius 1 is 1.00 bits per heavy atom. The van der Waals surface area contributed by atoms with Crippen molar-refractivity contribution >= 4 is 17.7 Å². The van der Waals surface area contributed by atoms with Crippen molar-refractivity contribution in [1.29, 1.82) is 0 Å². The van der Waals surface area contributed by atoms with E-state index < -0.39 is 23.5 Å². The van der Waals surface area contributed by atoms with Gasteiger partial charge in [0.05, 0.1) is 20.8 Å². The molecule has 2 aliphatic heterocycles. The molecule has 2 aromatic carbocycles. The maximum Gasteiger partial charge on any atom is 0.261 e. The Labute approximate surface area is 215 Å². The molecule has 2 aromatic rings. The van der Waals surface area contributed by atoms with Crippen LogP contribution in [0.1, 0.15) is 47.4 Å². The summed E-state index contributed by atoms with van der Waals surface area (Å²) in [5.41, 5.74) is -0.498. The molecule has 0 aliphatic carbocycles. The average Bonchev–Trinajstić information content (AvgIpc) is 3.26. The number of methoxy groups -OCH3 is 2. The van der Waals surface area contributed by atoms with Crippen LogP contribution in [0.3, 0.4) is 0 Å². The maximum atomic E-state index is 13.7.